The van der Waals surface area contributed by atoms with Crippen LogP contribution in [-0.2, 0) is 9.53 Å². The van der Waals surface area contributed by atoms with E-state index in [1.165, 1.54) is 6.20 Å². The van der Waals surface area contributed by atoms with Crippen molar-refractivity contribution in [2.45, 2.75) is 6.92 Å². The molecule has 0 aliphatic carbocycles. The lowest BCUT2D eigenvalue weighted by Gasteiger charge is -2.10. The molecule has 1 amide bonds. The van der Waals surface area contributed by atoms with E-state index in [0.717, 1.165) is 0 Å². The lowest BCUT2D eigenvalue weighted by molar-refractivity contribution is -0.138. The van der Waals surface area contributed by atoms with Crippen LogP contribution in [0.2, 0.25) is 0 Å². The summed E-state index contributed by atoms with van der Waals surface area (Å²) in [6, 6.07) is 17.6. The predicted molar refractivity (Wildman–Crippen MR) is 94.8 cm³/mol. The number of esters is 1. The molecule has 0 bridgehead atoms. The van der Waals surface area contributed by atoms with Crippen LogP contribution in [0.25, 0.3) is 0 Å². The molecule has 0 saturated heterocycles. The van der Waals surface area contributed by atoms with Crippen LogP contribution >= 0.6 is 0 Å². The number of benzene rings is 2. The molecule has 0 atom stereocenters. The monoisotopic (exact) mass is 335 g/mol. The maximum Gasteiger partial charge on any atom is 0.350 e. The van der Waals surface area contributed by atoms with Crippen LogP contribution in [-0.4, -0.2) is 18.5 Å². The number of carbonyl (C=O) groups excluding carboxylic acids is 2. The summed E-state index contributed by atoms with van der Waals surface area (Å²) in [7, 11) is 0. The molecule has 2 aromatic rings. The zero-order valence-electron chi connectivity index (χ0n) is 13.7. The largest absolute Gasteiger partial charge is 0.462 e. The van der Waals surface area contributed by atoms with Crippen LogP contribution in [0.15, 0.2) is 66.4 Å². The standard InChI is InChI=1S/C19H17N3O3/c1-2-25-19(24)14(12-20)13-21-17-11-7-6-10-16(17)18(23)22-15-8-4-3-5-9-15/h3-11,13,21H,2H2,1H3,(H,22,23)/b14-13+. The second-order valence-electron chi connectivity index (χ2n) is 4.90. The van der Waals surface area contributed by atoms with Gasteiger partial charge in [-0.2, -0.15) is 5.26 Å². The van der Waals surface area contributed by atoms with Crippen LogP contribution in [0.3, 0.4) is 0 Å². The third kappa shape index (κ3) is 4.94. The van der Waals surface area contributed by atoms with E-state index in [-0.39, 0.29) is 18.1 Å². The normalized spacial score (nSPS) is 10.5. The van der Waals surface area contributed by atoms with Crippen molar-refractivity contribution in [3.05, 3.63) is 71.9 Å². The van der Waals surface area contributed by atoms with Crippen molar-refractivity contribution in [1.29, 1.82) is 5.26 Å². The number of nitrogens with zero attached hydrogens (tertiary/aromatic N) is 1. The molecule has 0 saturated carbocycles. The first kappa shape index (κ1) is 17.8. The van der Waals surface area contributed by atoms with E-state index in [1.807, 2.05) is 18.2 Å². The maximum absolute atomic E-state index is 12.5. The summed E-state index contributed by atoms with van der Waals surface area (Å²) in [5.74, 6) is -1.03. The second-order valence-corrected chi connectivity index (χ2v) is 4.90. The van der Waals surface area contributed by atoms with E-state index in [2.05, 4.69) is 10.6 Å². The summed E-state index contributed by atoms with van der Waals surface area (Å²) in [6.45, 7) is 1.83. The molecule has 0 radical (unpaired) electrons. The molecule has 0 aliphatic heterocycles. The molecular weight excluding hydrogens is 318 g/mol. The van der Waals surface area contributed by atoms with Crippen LogP contribution in [0.4, 0.5) is 11.4 Å². The lowest BCUT2D eigenvalue weighted by atomic mass is 10.1. The highest BCUT2D eigenvalue weighted by atomic mass is 16.5. The van der Waals surface area contributed by atoms with Gasteiger partial charge in [-0.1, -0.05) is 30.3 Å². The fourth-order valence-corrected chi connectivity index (χ4v) is 2.02. The first-order valence-electron chi connectivity index (χ1n) is 7.65. The molecule has 6 heteroatoms. The molecule has 0 heterocycles. The summed E-state index contributed by atoms with van der Waals surface area (Å²) in [4.78, 5) is 24.1. The van der Waals surface area contributed by atoms with Crippen LogP contribution in [0, 0.1) is 11.3 Å². The second kappa shape index (κ2) is 8.89. The van der Waals surface area contributed by atoms with E-state index in [1.54, 1.807) is 49.4 Å². The molecule has 126 valence electrons. The Bertz CT molecular complexity index is 823. The highest BCUT2D eigenvalue weighted by Crippen LogP contribution is 2.18. The highest BCUT2D eigenvalue weighted by molar-refractivity contribution is 6.08. The Morgan fingerprint density at radius 3 is 2.48 bits per heavy atom. The molecule has 0 aromatic heterocycles. The van der Waals surface area contributed by atoms with Gasteiger partial charge in [0, 0.05) is 11.9 Å². The molecule has 25 heavy (non-hydrogen) atoms. The number of para-hydroxylation sites is 2. The van der Waals surface area contributed by atoms with Gasteiger partial charge in [-0.05, 0) is 31.2 Å². The first-order chi connectivity index (χ1) is 12.2. The zero-order valence-corrected chi connectivity index (χ0v) is 13.7. The van der Waals surface area contributed by atoms with Gasteiger partial charge in [0.1, 0.15) is 6.07 Å². The SMILES string of the molecule is CCOC(=O)/C(C#N)=C/Nc1ccccc1C(=O)Nc1ccccc1. The molecular formula is C19H17N3O3. The Hall–Kier alpha value is -3.59. The summed E-state index contributed by atoms with van der Waals surface area (Å²) < 4.78 is 4.79. The number of carbonyl (C=O) groups is 2. The predicted octanol–water partition coefficient (Wildman–Crippen LogP) is 3.32. The summed E-state index contributed by atoms with van der Waals surface area (Å²) in [6.07, 6.45) is 1.23. The van der Waals surface area contributed by atoms with Gasteiger partial charge in [0.25, 0.3) is 5.91 Å². The fraction of sp³-hybridized carbons (Fsp3) is 0.105. The van der Waals surface area contributed by atoms with Crippen molar-refractivity contribution in [1.82, 2.24) is 0 Å². The van der Waals surface area contributed by atoms with Crippen LogP contribution in [0.1, 0.15) is 17.3 Å². The average molecular weight is 335 g/mol. The van der Waals surface area contributed by atoms with Gasteiger partial charge in [0.05, 0.1) is 17.9 Å². The molecule has 0 fully saturated rings. The van der Waals surface area contributed by atoms with E-state index >= 15 is 0 Å². The molecule has 0 spiro atoms. The molecule has 0 aliphatic rings. The van der Waals surface area contributed by atoms with E-state index in [9.17, 15) is 9.59 Å². The average Bonchev–Trinajstić information content (AvgIpc) is 2.63. The first-order valence-corrected chi connectivity index (χ1v) is 7.65. The number of hydrogen-bond donors (Lipinski definition) is 2. The smallest absolute Gasteiger partial charge is 0.350 e. The molecule has 0 unspecified atom stereocenters. The van der Waals surface area contributed by atoms with Crippen molar-refractivity contribution >= 4 is 23.3 Å². The number of hydrogen-bond acceptors (Lipinski definition) is 5. The summed E-state index contributed by atoms with van der Waals surface area (Å²) >= 11 is 0. The minimum Gasteiger partial charge on any atom is -0.462 e. The lowest BCUT2D eigenvalue weighted by Crippen LogP contribution is -2.14. The number of nitriles is 1. The van der Waals surface area contributed by atoms with Crippen molar-refractivity contribution in [3.8, 4) is 6.07 Å². The van der Waals surface area contributed by atoms with Gasteiger partial charge in [0.15, 0.2) is 5.57 Å². The van der Waals surface area contributed by atoms with Gasteiger partial charge < -0.3 is 15.4 Å². The van der Waals surface area contributed by atoms with E-state index in [4.69, 9.17) is 10.00 Å². The third-order valence-electron chi connectivity index (χ3n) is 3.19. The van der Waals surface area contributed by atoms with Gasteiger partial charge in [-0.15, -0.1) is 0 Å². The number of rotatable bonds is 6. The van der Waals surface area contributed by atoms with Crippen LogP contribution in [0.5, 0.6) is 0 Å². The van der Waals surface area contributed by atoms with E-state index in [0.29, 0.717) is 16.9 Å². The number of anilines is 2. The molecule has 2 rings (SSSR count). The van der Waals surface area contributed by atoms with Crippen molar-refractivity contribution < 1.29 is 14.3 Å². The Morgan fingerprint density at radius 1 is 1.12 bits per heavy atom. The third-order valence-corrected chi connectivity index (χ3v) is 3.19. The van der Waals surface area contributed by atoms with Crippen molar-refractivity contribution in [3.63, 3.8) is 0 Å². The minimum absolute atomic E-state index is 0.175. The Balaban J connectivity index is 2.19. The minimum atomic E-state index is -0.719. The fourth-order valence-electron chi connectivity index (χ4n) is 2.02. The van der Waals surface area contributed by atoms with Gasteiger partial charge in [-0.3, -0.25) is 4.79 Å². The zero-order chi connectivity index (χ0) is 18.1. The number of ether oxygens (including phenoxy) is 1. The quantitative estimate of drug-likeness (QED) is 0.480. The Kier molecular flexibility index (Phi) is 6.32. The Morgan fingerprint density at radius 2 is 1.80 bits per heavy atom. The molecule has 6 nitrogen and oxygen atoms in total. The van der Waals surface area contributed by atoms with Gasteiger partial charge >= 0.3 is 5.97 Å². The van der Waals surface area contributed by atoms with Gasteiger partial charge in [-0.25, -0.2) is 4.79 Å². The number of amides is 1. The van der Waals surface area contributed by atoms with E-state index < -0.39 is 5.97 Å². The number of nitrogens with one attached hydrogen (secondary N) is 2. The summed E-state index contributed by atoms with van der Waals surface area (Å²) in [5, 5.41) is 14.6. The summed E-state index contributed by atoms with van der Waals surface area (Å²) in [5.41, 5.74) is 1.33. The van der Waals surface area contributed by atoms with Crippen molar-refractivity contribution in [2.75, 3.05) is 17.2 Å². The topological polar surface area (TPSA) is 91.2 Å². The van der Waals surface area contributed by atoms with Gasteiger partial charge in [0.2, 0.25) is 0 Å². The highest BCUT2D eigenvalue weighted by Gasteiger charge is 2.13. The van der Waals surface area contributed by atoms with Crippen LogP contribution < -0.4 is 10.6 Å². The molecule has 2 aromatic carbocycles. The Labute approximate surface area is 145 Å². The maximum atomic E-state index is 12.5. The van der Waals surface area contributed by atoms with Crippen molar-refractivity contribution in [2.24, 2.45) is 0 Å². The molecule has 2 N–H and O–H groups in total.